The number of H-pyrrole nitrogens is 2. The molecule has 16 heteroatoms. The summed E-state index contributed by atoms with van der Waals surface area (Å²) in [4.78, 5) is 87.8. The van der Waals surface area contributed by atoms with Crippen LogP contribution >= 0.6 is 0 Å². The van der Waals surface area contributed by atoms with Gasteiger partial charge in [0.25, 0.3) is 0 Å². The number of carbonyl (C=O) groups excluding carboxylic acids is 4. The lowest BCUT2D eigenvalue weighted by Crippen LogP contribution is -2.08. The molecule has 4 aromatic carbocycles. The van der Waals surface area contributed by atoms with Gasteiger partial charge in [-0.2, -0.15) is 0 Å². The Labute approximate surface area is 554 Å². The molecule has 0 amide bonds. The predicted molar refractivity (Wildman–Crippen MR) is 372 cm³/mol. The quantitative estimate of drug-likeness (QED) is 0.0425. The van der Waals surface area contributed by atoms with E-state index in [0.29, 0.717) is 71.5 Å². The Morgan fingerprint density at radius 2 is 0.479 bits per heavy atom. The molecular weight excluding hydrogens is 1200 g/mol. The SMILES string of the molecule is O=C(CCCc1ccncc1)Oc1ccc(-c2c3nc(c(-c4ccc(OC(=O)CCCc5ccncc5)cc4)c4ccc([nH]4)c(-c4ccc(OC(=O)CCCc5ccncc5)cc4)c4nc(c(-c5ccc(OC(=O)CCCc6ccncc6)cc5)c5ccc2[nH]5)C=C4)C=C3)cc1. The number of hydrogen-bond donors (Lipinski definition) is 2. The van der Waals surface area contributed by atoms with E-state index in [4.69, 9.17) is 28.9 Å². The lowest BCUT2D eigenvalue weighted by atomic mass is 10.0. The summed E-state index contributed by atoms with van der Waals surface area (Å²) in [5.74, 6) is 0.328. The van der Waals surface area contributed by atoms with Crippen LogP contribution in [-0.4, -0.2) is 63.7 Å². The first kappa shape index (κ1) is 62.8. The first-order valence-electron chi connectivity index (χ1n) is 32.1. The molecule has 11 aromatic rings. The van der Waals surface area contributed by atoms with Crippen LogP contribution in [0.4, 0.5) is 0 Å². The zero-order valence-corrected chi connectivity index (χ0v) is 52.5. The average molecular weight is 1270 g/mol. The third-order valence-electron chi connectivity index (χ3n) is 16.6. The number of aryl methyl sites for hydroxylation is 4. The van der Waals surface area contributed by atoms with Crippen molar-refractivity contribution in [3.05, 3.63) is 264 Å². The zero-order valence-electron chi connectivity index (χ0n) is 52.5. The van der Waals surface area contributed by atoms with E-state index in [0.717, 1.165) is 115 Å². The fraction of sp³-hybridized carbons (Fsp3) is 0.150. The number of rotatable bonds is 24. The Bertz CT molecular complexity index is 4210. The lowest BCUT2D eigenvalue weighted by Gasteiger charge is -2.09. The van der Waals surface area contributed by atoms with Gasteiger partial charge in [-0.3, -0.25) is 39.1 Å². The molecule has 0 saturated heterocycles. The number of nitrogens with one attached hydrogen (secondary N) is 2. The van der Waals surface area contributed by atoms with Gasteiger partial charge in [0.05, 0.1) is 22.8 Å². The van der Waals surface area contributed by atoms with Crippen molar-refractivity contribution in [3.8, 4) is 67.5 Å². The Morgan fingerprint density at radius 3 is 0.688 bits per heavy atom. The number of hydrogen-bond acceptors (Lipinski definition) is 14. The molecule has 0 aliphatic carbocycles. The molecule has 7 aromatic heterocycles. The fourth-order valence-corrected chi connectivity index (χ4v) is 11.9. The molecule has 16 nitrogen and oxygen atoms in total. The van der Waals surface area contributed by atoms with Gasteiger partial charge < -0.3 is 28.9 Å². The summed E-state index contributed by atoms with van der Waals surface area (Å²) >= 11 is 0. The number of fused-ring (bicyclic) bond motifs is 8. The number of esters is 4. The summed E-state index contributed by atoms with van der Waals surface area (Å²) in [7, 11) is 0. The first-order chi connectivity index (χ1) is 47.2. The Balaban J connectivity index is 0.906. The lowest BCUT2D eigenvalue weighted by molar-refractivity contribution is -0.135. The summed E-state index contributed by atoms with van der Waals surface area (Å²) < 4.78 is 23.6. The second-order valence-corrected chi connectivity index (χ2v) is 23.3. The summed E-state index contributed by atoms with van der Waals surface area (Å²) in [6.45, 7) is 0. The van der Waals surface area contributed by atoms with Gasteiger partial charge in [-0.05, 0) is 242 Å². The number of pyridine rings is 4. The highest BCUT2D eigenvalue weighted by Gasteiger charge is 2.21. The highest BCUT2D eigenvalue weighted by Crippen LogP contribution is 2.40. The van der Waals surface area contributed by atoms with Crippen LogP contribution in [0.15, 0.2) is 219 Å². The minimum absolute atomic E-state index is 0.246. The van der Waals surface area contributed by atoms with Gasteiger partial charge in [0.15, 0.2) is 0 Å². The largest absolute Gasteiger partial charge is 0.427 e. The van der Waals surface area contributed by atoms with Gasteiger partial charge in [0.2, 0.25) is 0 Å². The predicted octanol–water partition coefficient (Wildman–Crippen LogP) is 16.6. The smallest absolute Gasteiger partial charge is 0.311 e. The fourth-order valence-electron chi connectivity index (χ4n) is 11.9. The van der Waals surface area contributed by atoms with Gasteiger partial charge in [-0.1, -0.05) is 48.5 Å². The van der Waals surface area contributed by atoms with Crippen LogP contribution in [0.5, 0.6) is 23.0 Å². The van der Waals surface area contributed by atoms with Crippen molar-refractivity contribution < 1.29 is 38.1 Å². The molecular formula is C80H66N8O8. The van der Waals surface area contributed by atoms with Gasteiger partial charge in [-0.15, -0.1) is 0 Å². The molecule has 0 fully saturated rings. The molecule has 474 valence electrons. The molecule has 2 aliphatic heterocycles. The van der Waals surface area contributed by atoms with Crippen molar-refractivity contribution in [2.24, 2.45) is 0 Å². The molecule has 0 radical (unpaired) electrons. The third kappa shape index (κ3) is 15.9. The van der Waals surface area contributed by atoms with Crippen molar-refractivity contribution in [2.75, 3.05) is 0 Å². The van der Waals surface area contributed by atoms with Crippen molar-refractivity contribution in [2.45, 2.75) is 77.0 Å². The molecule has 0 saturated carbocycles. The molecule has 13 rings (SSSR count). The maximum absolute atomic E-state index is 13.2. The highest BCUT2D eigenvalue weighted by atomic mass is 16.5. The van der Waals surface area contributed by atoms with E-state index >= 15 is 0 Å². The summed E-state index contributed by atoms with van der Waals surface area (Å²) in [5, 5.41) is 0. The molecule has 96 heavy (non-hydrogen) atoms. The topological polar surface area (TPSA) is 214 Å². The molecule has 0 spiro atoms. The van der Waals surface area contributed by atoms with E-state index in [1.54, 1.807) is 98.1 Å². The Kier molecular flexibility index (Phi) is 19.7. The normalized spacial score (nSPS) is 11.5. The van der Waals surface area contributed by atoms with Crippen molar-refractivity contribution in [3.63, 3.8) is 0 Å². The van der Waals surface area contributed by atoms with Crippen LogP contribution in [0.2, 0.25) is 0 Å². The first-order valence-corrected chi connectivity index (χ1v) is 32.1. The highest BCUT2D eigenvalue weighted by molar-refractivity contribution is 6.00. The van der Waals surface area contributed by atoms with Crippen LogP contribution in [0.3, 0.4) is 0 Å². The standard InChI is InChI=1S/C80H66N8O8/c89-73(9-1-5-53-37-45-81-46-38-53)93-61-21-13-57(14-22-61)77-65-29-31-67(85-65)78(58-15-23-62(24-16-58)94-74(90)10-2-6-54-39-47-82-48-40-54)69-33-35-71(87-69)80(60-19-27-64(28-20-60)96-76(92)12-4-8-56-43-51-84-52-44-56)72-36-34-70(88-72)79(68-32-30-66(77)86-68)59-17-25-63(26-18-59)95-75(91)11-3-7-55-41-49-83-50-42-55/h13-52,85,88H,1-12H2. The average Bonchev–Trinajstić information content (AvgIpc) is 1.84. The van der Waals surface area contributed by atoms with Crippen LogP contribution in [0.25, 0.3) is 90.9 Å². The van der Waals surface area contributed by atoms with E-state index in [1.165, 1.54) is 0 Å². The summed E-state index contributed by atoms with van der Waals surface area (Å²) in [6.07, 6.45) is 28.3. The van der Waals surface area contributed by atoms with Crippen molar-refractivity contribution >= 4 is 70.2 Å². The second-order valence-electron chi connectivity index (χ2n) is 23.3. The molecule has 2 N–H and O–H groups in total. The van der Waals surface area contributed by atoms with Gasteiger partial charge >= 0.3 is 23.9 Å². The summed E-state index contributed by atoms with van der Waals surface area (Å²) in [6, 6.07) is 53.5. The number of aromatic nitrogens is 8. The molecule has 2 aliphatic rings. The number of carbonyl (C=O) groups is 4. The van der Waals surface area contributed by atoms with Crippen molar-refractivity contribution in [1.29, 1.82) is 0 Å². The van der Waals surface area contributed by atoms with E-state index in [-0.39, 0.29) is 49.6 Å². The number of nitrogens with zero attached hydrogens (tertiary/aromatic N) is 6. The number of ether oxygens (including phenoxy) is 4. The van der Waals surface area contributed by atoms with Crippen LogP contribution in [-0.2, 0) is 44.9 Å². The minimum Gasteiger partial charge on any atom is -0.427 e. The third-order valence-corrected chi connectivity index (χ3v) is 16.6. The maximum atomic E-state index is 13.2. The van der Waals surface area contributed by atoms with E-state index < -0.39 is 0 Å². The number of benzene rings is 4. The monoisotopic (exact) mass is 1270 g/mol. The van der Waals surface area contributed by atoms with Gasteiger partial charge in [0, 0.05) is 120 Å². The maximum Gasteiger partial charge on any atom is 0.311 e. The van der Waals surface area contributed by atoms with E-state index in [2.05, 4.69) is 29.9 Å². The van der Waals surface area contributed by atoms with Gasteiger partial charge in [-0.25, -0.2) is 9.97 Å². The minimum atomic E-state index is -0.329. The van der Waals surface area contributed by atoms with E-state index in [1.807, 2.05) is 146 Å². The number of aromatic amines is 2. The van der Waals surface area contributed by atoms with Crippen LogP contribution in [0, 0.1) is 0 Å². The molecule has 0 unspecified atom stereocenters. The van der Waals surface area contributed by atoms with E-state index in [9.17, 15) is 19.2 Å². The second kappa shape index (κ2) is 30.1. The van der Waals surface area contributed by atoms with Gasteiger partial charge in [0.1, 0.15) is 23.0 Å². The Hall–Kier alpha value is -12.0. The zero-order chi connectivity index (χ0) is 65.4. The van der Waals surface area contributed by atoms with Crippen LogP contribution in [0.1, 0.15) is 96.4 Å². The van der Waals surface area contributed by atoms with Crippen molar-refractivity contribution in [1.82, 2.24) is 39.9 Å². The Morgan fingerprint density at radius 1 is 0.271 bits per heavy atom. The molecule has 8 bridgehead atoms. The molecule has 0 atom stereocenters. The van der Waals surface area contributed by atoms with Crippen LogP contribution < -0.4 is 18.9 Å². The summed E-state index contributed by atoms with van der Waals surface area (Å²) in [5.41, 5.74) is 16.2. The molecule has 9 heterocycles.